The number of Topliss-reactive ketones (excluding diaryl/α,β-unsaturated/α-hetero) is 1. The van der Waals surface area contributed by atoms with Crippen LogP contribution in [0.4, 0.5) is 4.39 Å². The summed E-state index contributed by atoms with van der Waals surface area (Å²) in [5, 5.41) is 9.36. The van der Waals surface area contributed by atoms with Gasteiger partial charge in [0.05, 0.1) is 13.2 Å². The Bertz CT molecular complexity index is 724. The standard InChI is InChI=1S/C16H11BrFNO2/c1-21-15-5-3-2-4-11(15)13(9-19)16(20)12-8-10(18)6-7-14(12)17/h2-8,13H,1H3. The first-order valence-corrected chi connectivity index (χ1v) is 6.89. The summed E-state index contributed by atoms with van der Waals surface area (Å²) in [5.74, 6) is -1.61. The number of carbonyl (C=O) groups is 1. The Morgan fingerprint density at radius 2 is 2.05 bits per heavy atom. The second-order valence-electron chi connectivity index (χ2n) is 4.29. The zero-order valence-corrected chi connectivity index (χ0v) is 12.7. The van der Waals surface area contributed by atoms with Crippen molar-refractivity contribution in [3.63, 3.8) is 0 Å². The summed E-state index contributed by atoms with van der Waals surface area (Å²) in [4.78, 5) is 12.5. The summed E-state index contributed by atoms with van der Waals surface area (Å²) < 4.78 is 19.0. The van der Waals surface area contributed by atoms with E-state index in [2.05, 4.69) is 15.9 Å². The van der Waals surface area contributed by atoms with Gasteiger partial charge < -0.3 is 4.74 Å². The molecule has 1 atom stereocenters. The summed E-state index contributed by atoms with van der Waals surface area (Å²) in [6, 6.07) is 12.6. The van der Waals surface area contributed by atoms with Gasteiger partial charge in [-0.3, -0.25) is 4.79 Å². The van der Waals surface area contributed by atoms with Gasteiger partial charge in [-0.25, -0.2) is 4.39 Å². The summed E-state index contributed by atoms with van der Waals surface area (Å²) in [7, 11) is 1.47. The van der Waals surface area contributed by atoms with Gasteiger partial charge in [0.25, 0.3) is 0 Å². The SMILES string of the molecule is COc1ccccc1C(C#N)C(=O)c1cc(F)ccc1Br. The molecule has 0 saturated heterocycles. The third-order valence-electron chi connectivity index (χ3n) is 3.04. The Kier molecular flexibility index (Phi) is 4.71. The Labute approximate surface area is 130 Å². The second kappa shape index (κ2) is 6.51. The van der Waals surface area contributed by atoms with Crippen LogP contribution in [-0.2, 0) is 0 Å². The van der Waals surface area contributed by atoms with Crippen LogP contribution in [0.15, 0.2) is 46.9 Å². The molecule has 0 aromatic heterocycles. The predicted octanol–water partition coefficient (Wildman–Crippen LogP) is 4.09. The van der Waals surface area contributed by atoms with Gasteiger partial charge >= 0.3 is 0 Å². The molecule has 2 aromatic rings. The molecular weight excluding hydrogens is 337 g/mol. The minimum atomic E-state index is -1.06. The van der Waals surface area contributed by atoms with Crippen LogP contribution in [0, 0.1) is 17.1 Å². The third-order valence-corrected chi connectivity index (χ3v) is 3.73. The molecule has 0 amide bonds. The normalized spacial score (nSPS) is 11.5. The monoisotopic (exact) mass is 347 g/mol. The highest BCUT2D eigenvalue weighted by Crippen LogP contribution is 2.31. The minimum absolute atomic E-state index is 0.132. The van der Waals surface area contributed by atoms with Crippen LogP contribution in [0.5, 0.6) is 5.75 Å². The molecule has 0 N–H and O–H groups in total. The molecule has 2 aromatic carbocycles. The van der Waals surface area contributed by atoms with Crippen molar-refractivity contribution >= 4 is 21.7 Å². The molecule has 0 spiro atoms. The lowest BCUT2D eigenvalue weighted by molar-refractivity contribution is 0.0976. The van der Waals surface area contributed by atoms with E-state index in [1.165, 1.54) is 19.2 Å². The van der Waals surface area contributed by atoms with Gasteiger partial charge in [-0.05, 0) is 24.3 Å². The maximum absolute atomic E-state index is 13.3. The van der Waals surface area contributed by atoms with E-state index in [4.69, 9.17) is 4.74 Å². The third kappa shape index (κ3) is 3.11. The summed E-state index contributed by atoms with van der Waals surface area (Å²) >= 11 is 3.21. The van der Waals surface area contributed by atoms with E-state index in [1.807, 2.05) is 6.07 Å². The van der Waals surface area contributed by atoms with Crippen LogP contribution in [0.25, 0.3) is 0 Å². The average molecular weight is 348 g/mol. The molecule has 0 radical (unpaired) electrons. The molecular formula is C16H11BrFNO2. The van der Waals surface area contributed by atoms with Crippen molar-refractivity contribution in [3.05, 3.63) is 63.9 Å². The van der Waals surface area contributed by atoms with Crippen LogP contribution >= 0.6 is 15.9 Å². The lowest BCUT2D eigenvalue weighted by Crippen LogP contribution is -2.13. The van der Waals surface area contributed by atoms with Crippen LogP contribution in [-0.4, -0.2) is 12.9 Å². The van der Waals surface area contributed by atoms with Crippen LogP contribution in [0.3, 0.4) is 0 Å². The zero-order chi connectivity index (χ0) is 15.4. The fraction of sp³-hybridized carbons (Fsp3) is 0.125. The molecule has 0 aliphatic carbocycles. The lowest BCUT2D eigenvalue weighted by Gasteiger charge is -2.13. The van der Waals surface area contributed by atoms with E-state index in [9.17, 15) is 14.4 Å². The number of benzene rings is 2. The Morgan fingerprint density at radius 3 is 2.71 bits per heavy atom. The van der Waals surface area contributed by atoms with Gasteiger partial charge in [-0.15, -0.1) is 0 Å². The molecule has 2 rings (SSSR count). The molecule has 0 fully saturated rings. The molecule has 0 aliphatic heterocycles. The number of hydrogen-bond acceptors (Lipinski definition) is 3. The highest BCUT2D eigenvalue weighted by Gasteiger charge is 2.26. The molecule has 21 heavy (non-hydrogen) atoms. The number of para-hydroxylation sites is 1. The highest BCUT2D eigenvalue weighted by atomic mass is 79.9. The Hall–Kier alpha value is -2.19. The van der Waals surface area contributed by atoms with Crippen molar-refractivity contribution < 1.29 is 13.9 Å². The van der Waals surface area contributed by atoms with Crippen LogP contribution in [0.1, 0.15) is 21.8 Å². The second-order valence-corrected chi connectivity index (χ2v) is 5.15. The first-order valence-electron chi connectivity index (χ1n) is 6.10. The quantitative estimate of drug-likeness (QED) is 0.782. The average Bonchev–Trinajstić information content (AvgIpc) is 2.50. The highest BCUT2D eigenvalue weighted by molar-refractivity contribution is 9.10. The van der Waals surface area contributed by atoms with E-state index in [1.54, 1.807) is 24.3 Å². The first-order chi connectivity index (χ1) is 10.1. The largest absolute Gasteiger partial charge is 0.496 e. The van der Waals surface area contributed by atoms with Crippen molar-refractivity contribution in [2.75, 3.05) is 7.11 Å². The maximum atomic E-state index is 13.3. The zero-order valence-electron chi connectivity index (χ0n) is 11.1. The smallest absolute Gasteiger partial charge is 0.185 e. The number of nitrogens with zero attached hydrogens (tertiary/aromatic N) is 1. The molecule has 3 nitrogen and oxygen atoms in total. The molecule has 0 saturated carbocycles. The fourth-order valence-electron chi connectivity index (χ4n) is 2.02. The number of hydrogen-bond donors (Lipinski definition) is 0. The number of ketones is 1. The molecule has 5 heteroatoms. The summed E-state index contributed by atoms with van der Waals surface area (Å²) in [6.45, 7) is 0. The van der Waals surface area contributed by atoms with Gasteiger partial charge in [-0.2, -0.15) is 5.26 Å². The van der Waals surface area contributed by atoms with Gasteiger partial charge in [0.15, 0.2) is 5.78 Å². The van der Waals surface area contributed by atoms with E-state index in [-0.39, 0.29) is 5.56 Å². The van der Waals surface area contributed by atoms with Crippen molar-refractivity contribution in [2.45, 2.75) is 5.92 Å². The number of methoxy groups -OCH3 is 1. The number of rotatable bonds is 4. The number of carbonyl (C=O) groups excluding carboxylic acids is 1. The Balaban J connectivity index is 2.49. The van der Waals surface area contributed by atoms with Gasteiger partial charge in [-0.1, -0.05) is 34.1 Å². The lowest BCUT2D eigenvalue weighted by atomic mass is 9.91. The number of ether oxygens (including phenoxy) is 1. The topological polar surface area (TPSA) is 50.1 Å². The number of nitriles is 1. The van der Waals surface area contributed by atoms with Crippen molar-refractivity contribution in [1.82, 2.24) is 0 Å². The van der Waals surface area contributed by atoms with Crippen molar-refractivity contribution in [3.8, 4) is 11.8 Å². The predicted molar refractivity (Wildman–Crippen MR) is 79.8 cm³/mol. The van der Waals surface area contributed by atoms with E-state index >= 15 is 0 Å². The number of halogens is 2. The summed E-state index contributed by atoms with van der Waals surface area (Å²) in [5.41, 5.74) is 0.594. The van der Waals surface area contributed by atoms with E-state index in [0.29, 0.717) is 15.8 Å². The molecule has 0 heterocycles. The molecule has 1 unspecified atom stereocenters. The van der Waals surface area contributed by atoms with Crippen molar-refractivity contribution in [2.24, 2.45) is 0 Å². The van der Waals surface area contributed by atoms with E-state index in [0.717, 1.165) is 6.07 Å². The molecule has 0 aliphatic rings. The fourth-order valence-corrected chi connectivity index (χ4v) is 2.46. The molecule has 0 bridgehead atoms. The van der Waals surface area contributed by atoms with Crippen LogP contribution < -0.4 is 4.74 Å². The minimum Gasteiger partial charge on any atom is -0.496 e. The maximum Gasteiger partial charge on any atom is 0.185 e. The van der Waals surface area contributed by atoms with Crippen LogP contribution in [0.2, 0.25) is 0 Å². The first kappa shape index (κ1) is 15.2. The van der Waals surface area contributed by atoms with Crippen molar-refractivity contribution in [1.29, 1.82) is 5.26 Å². The van der Waals surface area contributed by atoms with Gasteiger partial charge in [0.2, 0.25) is 0 Å². The van der Waals surface area contributed by atoms with Gasteiger partial charge in [0, 0.05) is 15.6 Å². The molecule has 106 valence electrons. The van der Waals surface area contributed by atoms with Gasteiger partial charge in [0.1, 0.15) is 17.5 Å². The summed E-state index contributed by atoms with van der Waals surface area (Å²) in [6.07, 6.45) is 0. The van der Waals surface area contributed by atoms with E-state index < -0.39 is 17.5 Å². The Morgan fingerprint density at radius 1 is 1.33 bits per heavy atom.